The van der Waals surface area contributed by atoms with E-state index in [1.54, 1.807) is 0 Å². The highest BCUT2D eigenvalue weighted by molar-refractivity contribution is 5.93. The number of nitrogens with zero attached hydrogens (tertiary/aromatic N) is 3. The highest BCUT2D eigenvalue weighted by atomic mass is 16.2. The Morgan fingerprint density at radius 1 is 0.833 bits per heavy atom. The molecule has 0 aliphatic carbocycles. The summed E-state index contributed by atoms with van der Waals surface area (Å²) in [6, 6.07) is 9.65. The molecular weight excluding hydrogens is 370 g/mol. The van der Waals surface area contributed by atoms with Gasteiger partial charge in [-0.15, -0.1) is 0 Å². The lowest BCUT2D eigenvalue weighted by Gasteiger charge is -2.45. The number of hydrogen-bond acceptors (Lipinski definition) is 2. The zero-order valence-electron chi connectivity index (χ0n) is 20.7. The number of benzene rings is 1. The maximum Gasteiger partial charge on any atom is 0.273 e. The van der Waals surface area contributed by atoms with Crippen LogP contribution in [0.5, 0.6) is 0 Å². The van der Waals surface area contributed by atoms with Crippen molar-refractivity contribution in [2.45, 2.75) is 90.6 Å². The van der Waals surface area contributed by atoms with Crippen LogP contribution in [0, 0.1) is 0 Å². The molecule has 0 aromatic heterocycles. The number of carbonyl (C=O) groups is 1. The van der Waals surface area contributed by atoms with E-state index < -0.39 is 0 Å². The highest BCUT2D eigenvalue weighted by Crippen LogP contribution is 2.21. The fourth-order valence-corrected chi connectivity index (χ4v) is 4.42. The number of amides is 1. The molecule has 1 amide bonds. The van der Waals surface area contributed by atoms with Gasteiger partial charge >= 0.3 is 0 Å². The highest BCUT2D eigenvalue weighted by Gasteiger charge is 2.36. The second-order valence-corrected chi connectivity index (χ2v) is 9.44. The quantitative estimate of drug-likeness (QED) is 0.135. The first-order valence-corrected chi connectivity index (χ1v) is 12.2. The molecule has 0 heterocycles. The normalized spacial score (nSPS) is 12.9. The zero-order valence-corrected chi connectivity index (χ0v) is 20.7. The van der Waals surface area contributed by atoms with Gasteiger partial charge in [0.15, 0.2) is 6.17 Å². The molecule has 1 aromatic carbocycles. The summed E-state index contributed by atoms with van der Waals surface area (Å²) in [6.07, 6.45) is 14.6. The van der Waals surface area contributed by atoms with Crippen LogP contribution in [0.4, 0.5) is 0 Å². The van der Waals surface area contributed by atoms with Crippen LogP contribution in [-0.2, 0) is 0 Å². The van der Waals surface area contributed by atoms with Crippen molar-refractivity contribution in [2.24, 2.45) is 0 Å². The third-order valence-corrected chi connectivity index (χ3v) is 6.20. The Morgan fingerprint density at radius 2 is 1.33 bits per heavy atom. The number of unbranched alkanes of at least 4 members (excludes halogenated alkanes) is 9. The average Bonchev–Trinajstić information content (AvgIpc) is 2.73. The maximum absolute atomic E-state index is 13.3. The van der Waals surface area contributed by atoms with Gasteiger partial charge < -0.3 is 4.48 Å². The molecular formula is C26H48N3O+. The number of hydrogen-bond donors (Lipinski definition) is 0. The van der Waals surface area contributed by atoms with E-state index in [2.05, 4.69) is 27.9 Å². The summed E-state index contributed by atoms with van der Waals surface area (Å²) in [4.78, 5) is 13.3. The summed E-state index contributed by atoms with van der Waals surface area (Å²) < 4.78 is 0.838. The van der Waals surface area contributed by atoms with E-state index in [1.165, 1.54) is 64.2 Å². The molecule has 0 radical (unpaired) electrons. The molecule has 0 bridgehead atoms. The zero-order chi connectivity index (χ0) is 22.4. The fourth-order valence-electron chi connectivity index (χ4n) is 4.42. The molecule has 0 N–H and O–H groups in total. The molecule has 0 saturated heterocycles. The Labute approximate surface area is 186 Å². The van der Waals surface area contributed by atoms with E-state index in [0.717, 1.165) is 23.0 Å². The molecule has 30 heavy (non-hydrogen) atoms. The lowest BCUT2D eigenvalue weighted by Crippen LogP contribution is -2.62. The van der Waals surface area contributed by atoms with Gasteiger partial charge in [0.1, 0.15) is 0 Å². The second-order valence-electron chi connectivity index (χ2n) is 9.44. The average molecular weight is 419 g/mol. The summed E-state index contributed by atoms with van der Waals surface area (Å²) in [5, 5.41) is 3.91. The minimum atomic E-state index is 0.0849. The molecule has 0 spiro atoms. The van der Waals surface area contributed by atoms with Gasteiger partial charge in [0, 0.05) is 26.1 Å². The Balaban J connectivity index is 2.53. The predicted molar refractivity (Wildman–Crippen MR) is 129 cm³/mol. The number of rotatable bonds is 16. The molecule has 0 saturated carbocycles. The van der Waals surface area contributed by atoms with Gasteiger partial charge in [-0.25, -0.2) is 10.0 Å². The van der Waals surface area contributed by atoms with Crippen molar-refractivity contribution in [3.63, 3.8) is 0 Å². The van der Waals surface area contributed by atoms with E-state index in [4.69, 9.17) is 0 Å². The van der Waals surface area contributed by atoms with Crippen molar-refractivity contribution < 1.29 is 9.28 Å². The lowest BCUT2D eigenvalue weighted by atomic mass is 10.1. The van der Waals surface area contributed by atoms with Crippen LogP contribution in [0.15, 0.2) is 30.3 Å². The van der Waals surface area contributed by atoms with Gasteiger partial charge in [-0.05, 0) is 25.0 Å². The summed E-state index contributed by atoms with van der Waals surface area (Å²) in [5.41, 5.74) is 0.753. The van der Waals surface area contributed by atoms with Crippen molar-refractivity contribution in [2.75, 3.05) is 34.7 Å². The first-order chi connectivity index (χ1) is 14.3. The first kappa shape index (κ1) is 26.6. The van der Waals surface area contributed by atoms with E-state index in [0.29, 0.717) is 0 Å². The van der Waals surface area contributed by atoms with E-state index in [-0.39, 0.29) is 12.1 Å². The van der Waals surface area contributed by atoms with Crippen LogP contribution in [0.25, 0.3) is 0 Å². The number of quaternary nitrogens is 1. The molecule has 1 unspecified atom stereocenters. The second kappa shape index (κ2) is 14.6. The Kier molecular flexibility index (Phi) is 13.0. The minimum absolute atomic E-state index is 0.0849. The smallest absolute Gasteiger partial charge is 0.273 e. The Bertz CT molecular complexity index is 571. The standard InChI is InChI=1S/C26H48N3O/c1-7-9-10-11-12-13-14-15-16-20-23-29(5,6)25(8-2)28(27(3)4)26(30)24-21-18-17-19-22-24/h17-19,21-22,25H,7-16,20,23H2,1-6H3/q+1. The van der Waals surface area contributed by atoms with Crippen LogP contribution in [-0.4, -0.2) is 61.3 Å². The number of carbonyl (C=O) groups excluding carboxylic acids is 1. The van der Waals surface area contributed by atoms with Crippen molar-refractivity contribution in [3.05, 3.63) is 35.9 Å². The molecule has 0 fully saturated rings. The third kappa shape index (κ3) is 9.18. The van der Waals surface area contributed by atoms with Gasteiger partial charge in [-0.1, -0.05) is 83.4 Å². The van der Waals surface area contributed by atoms with Crippen molar-refractivity contribution >= 4 is 5.91 Å². The minimum Gasteiger partial charge on any atom is -0.308 e. The molecule has 0 aliphatic rings. The maximum atomic E-state index is 13.3. The molecule has 1 rings (SSSR count). The lowest BCUT2D eigenvalue weighted by molar-refractivity contribution is -0.928. The topological polar surface area (TPSA) is 23.6 Å². The van der Waals surface area contributed by atoms with Crippen LogP contribution in [0.1, 0.15) is 94.8 Å². The molecule has 4 nitrogen and oxygen atoms in total. The van der Waals surface area contributed by atoms with Gasteiger partial charge in [-0.2, -0.15) is 0 Å². The van der Waals surface area contributed by atoms with Crippen molar-refractivity contribution in [1.82, 2.24) is 10.0 Å². The Hall–Kier alpha value is -1.39. The third-order valence-electron chi connectivity index (χ3n) is 6.20. The summed E-state index contributed by atoms with van der Waals surface area (Å²) in [5.74, 6) is 0.0849. The van der Waals surface area contributed by atoms with Gasteiger partial charge in [0.25, 0.3) is 5.91 Å². The van der Waals surface area contributed by atoms with Crippen LogP contribution >= 0.6 is 0 Å². The first-order valence-electron chi connectivity index (χ1n) is 12.2. The SMILES string of the molecule is CCCCCCCCCCCC[N+](C)(C)C(CC)N(C(=O)c1ccccc1)N(C)C. The molecule has 1 atom stereocenters. The summed E-state index contributed by atoms with van der Waals surface area (Å²) in [7, 11) is 8.50. The van der Waals surface area contributed by atoms with Crippen LogP contribution in [0.3, 0.4) is 0 Å². The van der Waals surface area contributed by atoms with E-state index in [9.17, 15) is 4.79 Å². The summed E-state index contributed by atoms with van der Waals surface area (Å²) >= 11 is 0. The van der Waals surface area contributed by atoms with Crippen LogP contribution in [0.2, 0.25) is 0 Å². The van der Waals surface area contributed by atoms with Crippen LogP contribution < -0.4 is 0 Å². The summed E-state index contributed by atoms with van der Waals surface area (Å²) in [6.45, 7) is 5.57. The van der Waals surface area contributed by atoms with Crippen molar-refractivity contribution in [3.8, 4) is 0 Å². The van der Waals surface area contributed by atoms with Gasteiger partial charge in [0.2, 0.25) is 0 Å². The predicted octanol–water partition coefficient (Wildman–Crippen LogP) is 6.34. The largest absolute Gasteiger partial charge is 0.308 e. The van der Waals surface area contributed by atoms with E-state index >= 15 is 0 Å². The monoisotopic (exact) mass is 418 g/mol. The molecule has 0 aliphatic heterocycles. The van der Waals surface area contributed by atoms with Crippen molar-refractivity contribution in [1.29, 1.82) is 0 Å². The van der Waals surface area contributed by atoms with E-state index in [1.807, 2.05) is 54.4 Å². The molecule has 172 valence electrons. The Morgan fingerprint density at radius 3 is 1.80 bits per heavy atom. The van der Waals surface area contributed by atoms with Gasteiger partial charge in [0.05, 0.1) is 20.6 Å². The fraction of sp³-hybridized carbons (Fsp3) is 0.731. The molecule has 4 heteroatoms. The molecule has 1 aromatic rings. The van der Waals surface area contributed by atoms with Gasteiger partial charge in [-0.3, -0.25) is 4.79 Å². The number of hydrazine groups is 1.